The molecule has 2 atom stereocenters. The van der Waals surface area contributed by atoms with Gasteiger partial charge in [-0.2, -0.15) is 0 Å². The first-order valence-electron chi connectivity index (χ1n) is 12.9. The zero-order chi connectivity index (χ0) is 32.1. The molecule has 2 nitrogen and oxygen atoms in total. The summed E-state index contributed by atoms with van der Waals surface area (Å²) in [5.41, 5.74) is 2.01. The van der Waals surface area contributed by atoms with Crippen LogP contribution in [-0.4, -0.2) is 32.5 Å². The SMILES string of the molecule is CC(Br)(CBr)COc1c(Br)c(Br)cc2cc(C(C)(C)c3cc(Br)c4c(OCC(C)(Br)CBr)c(Br)c(Br)cc4c3)cc(Br)c12. The molecule has 4 aromatic carbocycles. The third-order valence-corrected chi connectivity index (χ3v) is 17.3. The lowest BCUT2D eigenvalue weighted by Crippen LogP contribution is -2.27. The van der Waals surface area contributed by atoms with Crippen LogP contribution in [0, 0.1) is 0 Å². The van der Waals surface area contributed by atoms with E-state index in [1.165, 1.54) is 11.1 Å². The minimum Gasteiger partial charge on any atom is -0.490 e. The van der Waals surface area contributed by atoms with Crippen LogP contribution in [0.25, 0.3) is 21.5 Å². The summed E-state index contributed by atoms with van der Waals surface area (Å²) in [5.74, 6) is 1.59. The second-order valence-electron chi connectivity index (χ2n) is 11.4. The Morgan fingerprint density at radius 2 is 0.884 bits per heavy atom. The molecule has 0 saturated heterocycles. The van der Waals surface area contributed by atoms with Gasteiger partial charge in [0, 0.05) is 44.7 Å². The Kier molecular flexibility index (Phi) is 12.9. The molecule has 0 N–H and O–H groups in total. The van der Waals surface area contributed by atoms with Crippen LogP contribution >= 0.6 is 159 Å². The number of halogens is 10. The standard InChI is InChI=1S/C31H26Br10O2/c1-29(2,17-5-15-7-21(36)25(38)27(23(15)19(34)9-17)42-13-30(3,40)11-32)18-6-16-8-22(37)26(39)28(24(16)20(35)10-18)43-14-31(4,41)12-33/h5-10H,11-14H2,1-4H3. The minimum absolute atomic E-state index is 0.198. The molecule has 4 aromatic rings. The summed E-state index contributed by atoms with van der Waals surface area (Å²) in [6.45, 7) is 9.70. The molecule has 0 radical (unpaired) electrons. The Hall–Kier alpha value is 1.80. The van der Waals surface area contributed by atoms with Crippen molar-refractivity contribution in [3.8, 4) is 11.5 Å². The van der Waals surface area contributed by atoms with Crippen molar-refractivity contribution >= 4 is 181 Å². The molecular weight excluding hydrogens is 1200 g/mol. The maximum absolute atomic E-state index is 6.41. The zero-order valence-electron chi connectivity index (χ0n) is 23.4. The van der Waals surface area contributed by atoms with Gasteiger partial charge >= 0.3 is 0 Å². The first-order chi connectivity index (χ1) is 19.9. The summed E-state index contributed by atoms with van der Waals surface area (Å²) < 4.78 is 18.0. The van der Waals surface area contributed by atoms with E-state index in [0.717, 1.165) is 70.5 Å². The highest BCUT2D eigenvalue weighted by Gasteiger charge is 2.29. The summed E-state index contributed by atoms with van der Waals surface area (Å²) >= 11 is 37.4. The van der Waals surface area contributed by atoms with Gasteiger partial charge in [-0.25, -0.2) is 0 Å². The molecule has 0 aromatic heterocycles. The average molecular weight is 1230 g/mol. The van der Waals surface area contributed by atoms with E-state index in [9.17, 15) is 0 Å². The average Bonchev–Trinajstić information content (AvgIpc) is 2.93. The number of hydrogen-bond donors (Lipinski definition) is 0. The zero-order valence-corrected chi connectivity index (χ0v) is 39.2. The second kappa shape index (κ2) is 14.7. The first kappa shape index (κ1) is 37.6. The van der Waals surface area contributed by atoms with Crippen LogP contribution < -0.4 is 9.47 Å². The van der Waals surface area contributed by atoms with Crippen molar-refractivity contribution in [3.05, 3.63) is 74.4 Å². The molecule has 0 fully saturated rings. The van der Waals surface area contributed by atoms with Gasteiger partial charge in [-0.1, -0.05) is 122 Å². The van der Waals surface area contributed by atoms with Gasteiger partial charge in [-0.3, -0.25) is 0 Å². The fourth-order valence-corrected chi connectivity index (χ4v) is 8.05. The van der Waals surface area contributed by atoms with Crippen LogP contribution in [0.2, 0.25) is 0 Å². The molecule has 4 rings (SSSR count). The monoisotopic (exact) mass is 1220 g/mol. The van der Waals surface area contributed by atoms with Gasteiger partial charge in [0.05, 0.1) is 17.6 Å². The van der Waals surface area contributed by atoms with E-state index in [2.05, 4.69) is 223 Å². The number of alkyl halides is 4. The molecule has 0 aliphatic carbocycles. The molecule has 12 heteroatoms. The second-order valence-corrected chi connectivity index (χ2v) is 21.4. The number of hydrogen-bond acceptors (Lipinski definition) is 2. The van der Waals surface area contributed by atoms with Crippen molar-refractivity contribution in [2.45, 2.75) is 41.8 Å². The van der Waals surface area contributed by atoms with E-state index in [1.807, 2.05) is 0 Å². The van der Waals surface area contributed by atoms with Crippen LogP contribution in [-0.2, 0) is 5.41 Å². The van der Waals surface area contributed by atoms with E-state index in [0.29, 0.717) is 13.2 Å². The maximum Gasteiger partial charge on any atom is 0.143 e. The quantitative estimate of drug-likeness (QED) is 0.147. The van der Waals surface area contributed by atoms with Crippen LogP contribution in [0.1, 0.15) is 38.8 Å². The molecule has 43 heavy (non-hydrogen) atoms. The van der Waals surface area contributed by atoms with E-state index in [-0.39, 0.29) is 14.1 Å². The molecule has 0 aliphatic rings. The number of ether oxygens (including phenoxy) is 2. The lowest BCUT2D eigenvalue weighted by molar-refractivity contribution is 0.294. The Balaban J connectivity index is 1.84. The molecule has 0 heterocycles. The molecule has 0 saturated carbocycles. The summed E-state index contributed by atoms with van der Waals surface area (Å²) in [4.78, 5) is 0. The highest BCUT2D eigenvalue weighted by molar-refractivity contribution is 9.14. The van der Waals surface area contributed by atoms with E-state index in [4.69, 9.17) is 9.47 Å². The Labute approximate surface area is 337 Å². The summed E-state index contributed by atoms with van der Waals surface area (Å²) in [6, 6.07) is 13.2. The van der Waals surface area contributed by atoms with Crippen LogP contribution in [0.3, 0.4) is 0 Å². The highest BCUT2D eigenvalue weighted by atomic mass is 79.9. The van der Waals surface area contributed by atoms with Gasteiger partial charge in [0.2, 0.25) is 0 Å². The Morgan fingerprint density at radius 1 is 0.535 bits per heavy atom. The van der Waals surface area contributed by atoms with Crippen molar-refractivity contribution in [3.63, 3.8) is 0 Å². The Morgan fingerprint density at radius 3 is 1.21 bits per heavy atom. The van der Waals surface area contributed by atoms with Crippen LogP contribution in [0.15, 0.2) is 63.2 Å². The summed E-state index contributed by atoms with van der Waals surface area (Å²) in [7, 11) is 0. The van der Waals surface area contributed by atoms with Crippen LogP contribution in [0.5, 0.6) is 11.5 Å². The maximum atomic E-state index is 6.41. The van der Waals surface area contributed by atoms with Crippen molar-refractivity contribution in [1.82, 2.24) is 0 Å². The normalized spacial score (nSPS) is 15.0. The molecule has 2 unspecified atom stereocenters. The van der Waals surface area contributed by atoms with Crippen molar-refractivity contribution in [1.29, 1.82) is 0 Å². The lowest BCUT2D eigenvalue weighted by atomic mass is 9.77. The topological polar surface area (TPSA) is 18.5 Å². The minimum atomic E-state index is -0.330. The van der Waals surface area contributed by atoms with Gasteiger partial charge < -0.3 is 9.47 Å². The molecule has 0 aliphatic heterocycles. The third kappa shape index (κ3) is 8.34. The van der Waals surface area contributed by atoms with E-state index >= 15 is 0 Å². The fourth-order valence-electron chi connectivity index (χ4n) is 4.48. The van der Waals surface area contributed by atoms with Gasteiger partial charge in [-0.05, 0) is 124 Å². The van der Waals surface area contributed by atoms with Crippen molar-refractivity contribution in [2.75, 3.05) is 23.9 Å². The third-order valence-electron chi connectivity index (χ3n) is 7.11. The number of rotatable bonds is 10. The predicted octanol–water partition coefficient (Wildman–Crippen LogP) is 14.7. The highest BCUT2D eigenvalue weighted by Crippen LogP contribution is 2.48. The molecule has 0 amide bonds. The summed E-state index contributed by atoms with van der Waals surface area (Å²) in [6.07, 6.45) is 0. The molecule has 0 bridgehead atoms. The molecule has 232 valence electrons. The Bertz CT molecular complexity index is 1580. The number of benzene rings is 4. The van der Waals surface area contributed by atoms with Gasteiger partial charge in [0.25, 0.3) is 0 Å². The van der Waals surface area contributed by atoms with Gasteiger partial charge in [-0.15, -0.1) is 0 Å². The van der Waals surface area contributed by atoms with Crippen molar-refractivity contribution in [2.24, 2.45) is 0 Å². The molecule has 0 spiro atoms. The first-order valence-corrected chi connectivity index (χ1v) is 21.5. The van der Waals surface area contributed by atoms with E-state index < -0.39 is 0 Å². The smallest absolute Gasteiger partial charge is 0.143 e. The fraction of sp³-hybridized carbons (Fsp3) is 0.355. The van der Waals surface area contributed by atoms with Crippen LogP contribution in [0.4, 0.5) is 0 Å². The van der Waals surface area contributed by atoms with E-state index in [1.54, 1.807) is 0 Å². The van der Waals surface area contributed by atoms with Gasteiger partial charge in [0.1, 0.15) is 24.7 Å². The number of fused-ring (bicyclic) bond motifs is 2. The van der Waals surface area contributed by atoms with Gasteiger partial charge in [0.15, 0.2) is 0 Å². The predicted molar refractivity (Wildman–Crippen MR) is 219 cm³/mol. The summed E-state index contributed by atoms with van der Waals surface area (Å²) in [5, 5.41) is 5.71. The lowest BCUT2D eigenvalue weighted by Gasteiger charge is -2.29. The molecular formula is C31H26Br10O2. The largest absolute Gasteiger partial charge is 0.490 e. The van der Waals surface area contributed by atoms with Crippen molar-refractivity contribution < 1.29 is 9.47 Å².